The lowest BCUT2D eigenvalue weighted by molar-refractivity contribution is -0.00829. The number of fused-ring (bicyclic) bond motifs is 1. The molecular weight excluding hydrogens is 410 g/mol. The minimum Gasteiger partial charge on any atom is -0.490 e. The van der Waals surface area contributed by atoms with Crippen molar-refractivity contribution in [3.63, 3.8) is 0 Å². The van der Waals surface area contributed by atoms with E-state index in [-0.39, 0.29) is 16.7 Å². The van der Waals surface area contributed by atoms with Gasteiger partial charge < -0.3 is 4.74 Å². The number of ether oxygens (including phenoxy) is 1. The number of rotatable bonds is 3. The molecule has 1 aliphatic heterocycles. The van der Waals surface area contributed by atoms with Gasteiger partial charge in [-0.1, -0.05) is 38.8 Å². The summed E-state index contributed by atoms with van der Waals surface area (Å²) < 4.78 is 31.9. The third-order valence-electron chi connectivity index (χ3n) is 3.23. The van der Waals surface area contributed by atoms with E-state index in [0.29, 0.717) is 23.6 Å². The van der Waals surface area contributed by atoms with Crippen LogP contribution in [0.4, 0.5) is 8.92 Å². The summed E-state index contributed by atoms with van der Waals surface area (Å²) in [6, 6.07) is 9.72. The van der Waals surface area contributed by atoms with E-state index in [4.69, 9.17) is 16.3 Å². The Hall–Kier alpha value is -1.11. The molecule has 0 radical (unpaired) electrons. The third kappa shape index (κ3) is 7.43. The molecule has 7 heteroatoms. The first kappa shape index (κ1) is 23.9. The van der Waals surface area contributed by atoms with Crippen LogP contribution in [0.1, 0.15) is 44.4 Å². The van der Waals surface area contributed by atoms with Gasteiger partial charge in [-0.05, 0) is 48.6 Å². The molecule has 2 aromatic rings. The Morgan fingerprint density at radius 3 is 2.33 bits per heavy atom. The van der Waals surface area contributed by atoms with Crippen LogP contribution in [0.15, 0.2) is 41.3 Å². The zero-order valence-electron chi connectivity index (χ0n) is 15.7. The molecule has 0 amide bonds. The van der Waals surface area contributed by atoms with E-state index in [0.717, 1.165) is 16.7 Å². The van der Waals surface area contributed by atoms with Gasteiger partial charge in [-0.25, -0.2) is 4.39 Å². The molecule has 0 spiro atoms. The molecule has 0 bridgehead atoms. The first-order valence-corrected chi connectivity index (χ1v) is 10.7. The highest BCUT2D eigenvalue weighted by molar-refractivity contribution is 7.99. The Morgan fingerprint density at radius 1 is 1.19 bits per heavy atom. The molecule has 2 aromatic carbocycles. The predicted octanol–water partition coefficient (Wildman–Crippen LogP) is 7.71. The molecule has 2 nitrogen and oxygen atoms in total. The zero-order chi connectivity index (χ0) is 20.2. The molecule has 0 aromatic heterocycles. The fourth-order valence-corrected chi connectivity index (χ4v) is 3.58. The number of hydrogen-bond donors (Lipinski definition) is 1. The Bertz CT molecular complexity index is 682. The highest BCUT2D eigenvalue weighted by atomic mass is 35.5. The maximum atomic E-state index is 13.8. The van der Waals surface area contributed by atoms with Gasteiger partial charge in [0.1, 0.15) is 0 Å². The van der Waals surface area contributed by atoms with Crippen molar-refractivity contribution in [2.75, 3.05) is 12.4 Å². The normalized spacial score (nSPS) is 14.6. The first-order chi connectivity index (χ1) is 13.0. The predicted molar refractivity (Wildman–Crippen MR) is 114 cm³/mol. The Kier molecular flexibility index (Phi) is 11.6. The van der Waals surface area contributed by atoms with Crippen LogP contribution in [-0.2, 0) is 0 Å². The van der Waals surface area contributed by atoms with Crippen molar-refractivity contribution in [3.05, 3.63) is 52.8 Å². The van der Waals surface area contributed by atoms with Gasteiger partial charge in [-0.3, -0.25) is 4.94 Å². The summed E-state index contributed by atoms with van der Waals surface area (Å²) in [6.07, 6.45) is 1.89. The van der Waals surface area contributed by atoms with Crippen molar-refractivity contribution in [3.8, 4) is 11.5 Å². The molecule has 1 aliphatic rings. The standard InChI is InChI=1S/C15H11ClF2O2S.C3H8.C2H6S/c16-9-1-3-10(4-2-9)21-13-7-8-19-15-11(17)5-6-12(20-18)14(13)15;1-3-2;1-2-3/h1-6,13H,7-8H2;3H2,1-2H3;3H,2H2,1H3/t13-;;/m1../s1. The van der Waals surface area contributed by atoms with Crippen LogP contribution >= 0.6 is 36.0 Å². The number of thiol groups is 1. The van der Waals surface area contributed by atoms with Crippen molar-refractivity contribution in [1.29, 1.82) is 0 Å². The molecule has 0 fully saturated rings. The third-order valence-corrected chi connectivity index (χ3v) is 4.78. The van der Waals surface area contributed by atoms with Gasteiger partial charge >= 0.3 is 0 Å². The van der Waals surface area contributed by atoms with Gasteiger partial charge in [0.25, 0.3) is 0 Å². The van der Waals surface area contributed by atoms with Crippen molar-refractivity contribution in [2.24, 2.45) is 0 Å². The lowest BCUT2D eigenvalue weighted by atomic mass is 10.0. The van der Waals surface area contributed by atoms with Gasteiger partial charge in [-0.15, -0.1) is 11.8 Å². The van der Waals surface area contributed by atoms with Crippen LogP contribution in [0.5, 0.6) is 11.5 Å². The summed E-state index contributed by atoms with van der Waals surface area (Å²) in [5.74, 6) is 0.507. The Balaban J connectivity index is 0.000000540. The molecule has 0 unspecified atom stereocenters. The van der Waals surface area contributed by atoms with Crippen LogP contribution < -0.4 is 9.68 Å². The van der Waals surface area contributed by atoms with E-state index in [1.54, 1.807) is 12.1 Å². The molecule has 27 heavy (non-hydrogen) atoms. The number of benzene rings is 2. The van der Waals surface area contributed by atoms with E-state index in [1.165, 1.54) is 24.2 Å². The van der Waals surface area contributed by atoms with E-state index in [1.807, 2.05) is 19.1 Å². The summed E-state index contributed by atoms with van der Waals surface area (Å²) in [4.78, 5) is 4.84. The highest BCUT2D eigenvalue weighted by Crippen LogP contribution is 2.49. The minimum atomic E-state index is -0.507. The van der Waals surface area contributed by atoms with Gasteiger partial charge in [-0.2, -0.15) is 12.6 Å². The summed E-state index contributed by atoms with van der Waals surface area (Å²) in [5, 5.41) is 0.502. The Morgan fingerprint density at radius 2 is 1.78 bits per heavy atom. The van der Waals surface area contributed by atoms with Crippen LogP contribution in [0.3, 0.4) is 0 Å². The van der Waals surface area contributed by atoms with Gasteiger partial charge in [0, 0.05) is 19.7 Å². The second-order valence-corrected chi connectivity index (χ2v) is 7.93. The summed E-state index contributed by atoms with van der Waals surface area (Å²) in [7, 11) is 0. The van der Waals surface area contributed by atoms with E-state index < -0.39 is 5.82 Å². The molecule has 150 valence electrons. The number of thioether (sulfide) groups is 1. The summed E-state index contributed by atoms with van der Waals surface area (Å²) >= 11 is 11.1. The Labute approximate surface area is 174 Å². The number of halogens is 3. The largest absolute Gasteiger partial charge is 0.490 e. The topological polar surface area (TPSA) is 18.5 Å². The minimum absolute atomic E-state index is 0.00226. The lowest BCUT2D eigenvalue weighted by Gasteiger charge is -2.26. The first-order valence-electron chi connectivity index (χ1n) is 8.79. The van der Waals surface area contributed by atoms with Crippen molar-refractivity contribution >= 4 is 36.0 Å². The molecule has 3 rings (SSSR count). The quantitative estimate of drug-likeness (QED) is 0.499. The molecule has 1 heterocycles. The summed E-state index contributed by atoms with van der Waals surface area (Å²) in [5.41, 5.74) is 0.420. The van der Waals surface area contributed by atoms with Crippen LogP contribution in [0.25, 0.3) is 0 Å². The maximum Gasteiger partial charge on any atom is 0.180 e. The molecule has 0 aliphatic carbocycles. The smallest absolute Gasteiger partial charge is 0.180 e. The van der Waals surface area contributed by atoms with E-state index in [9.17, 15) is 8.92 Å². The molecule has 1 atom stereocenters. The second kappa shape index (κ2) is 13.1. The lowest BCUT2D eigenvalue weighted by Crippen LogP contribution is -2.14. The highest BCUT2D eigenvalue weighted by Gasteiger charge is 2.29. The summed E-state index contributed by atoms with van der Waals surface area (Å²) in [6.45, 7) is 6.62. The molecule has 0 saturated heterocycles. The van der Waals surface area contributed by atoms with Crippen LogP contribution in [-0.4, -0.2) is 12.4 Å². The molecule has 0 saturated carbocycles. The molecule has 0 N–H and O–H groups in total. The SMILES string of the molecule is CCC.CCS.FOc1ccc(F)c2c1[C@H](Sc1ccc(Cl)cc1)CCO2. The average molecular weight is 435 g/mol. The zero-order valence-corrected chi connectivity index (χ0v) is 18.1. The van der Waals surface area contributed by atoms with Crippen molar-refractivity contribution in [2.45, 2.75) is 43.8 Å². The van der Waals surface area contributed by atoms with Crippen molar-refractivity contribution < 1.29 is 18.6 Å². The van der Waals surface area contributed by atoms with Gasteiger partial charge in [0.05, 0.1) is 12.2 Å². The fourth-order valence-electron chi connectivity index (χ4n) is 2.28. The van der Waals surface area contributed by atoms with Gasteiger partial charge in [0.2, 0.25) is 0 Å². The second-order valence-electron chi connectivity index (χ2n) is 5.59. The number of hydrogen-bond acceptors (Lipinski definition) is 4. The fraction of sp³-hybridized carbons (Fsp3) is 0.400. The maximum absolute atomic E-state index is 13.8. The monoisotopic (exact) mass is 434 g/mol. The van der Waals surface area contributed by atoms with E-state index >= 15 is 0 Å². The van der Waals surface area contributed by atoms with E-state index in [2.05, 4.69) is 31.4 Å². The molecular formula is C20H25ClF2O2S2. The van der Waals surface area contributed by atoms with Gasteiger partial charge in [0.15, 0.2) is 17.3 Å². The van der Waals surface area contributed by atoms with Crippen molar-refractivity contribution in [1.82, 2.24) is 0 Å². The average Bonchev–Trinajstić information content (AvgIpc) is 2.66. The van der Waals surface area contributed by atoms with Crippen LogP contribution in [0.2, 0.25) is 5.02 Å². The van der Waals surface area contributed by atoms with Crippen LogP contribution in [0, 0.1) is 5.82 Å².